The highest BCUT2D eigenvalue weighted by Gasteiger charge is 2.57. The Morgan fingerprint density at radius 3 is 3.14 bits per heavy atom. The van der Waals surface area contributed by atoms with Crippen LogP contribution >= 0.6 is 12.2 Å². The van der Waals surface area contributed by atoms with Crippen molar-refractivity contribution < 1.29 is 14.0 Å². The third kappa shape index (κ3) is 1.26. The summed E-state index contributed by atoms with van der Waals surface area (Å²) in [5.41, 5.74) is 2.73. The lowest BCUT2D eigenvalue weighted by molar-refractivity contribution is 0.274. The minimum atomic E-state index is -0.471. The molecule has 0 saturated carbocycles. The normalized spacial score (nSPS) is 24.8. The van der Waals surface area contributed by atoms with Gasteiger partial charge in [0.25, 0.3) is 5.88 Å². The molecule has 0 fully saturated rings. The van der Waals surface area contributed by atoms with Gasteiger partial charge in [-0.15, -0.1) is 0 Å². The zero-order valence-electron chi connectivity index (χ0n) is 12.1. The van der Waals surface area contributed by atoms with Crippen LogP contribution in [0.4, 0.5) is 5.69 Å². The maximum Gasteiger partial charge on any atom is 0.259 e. The standard InChI is InChI=1S/C16H14N2O3S/c1-9-12-14(17-21-9)20-8-16(12)10-4-2-5-11-13(10)18(15(16)22)6-3-7-19-11/h2,4-5H,3,6-8H2,1H3. The number of aromatic nitrogens is 1. The molecule has 0 saturated heterocycles. The van der Waals surface area contributed by atoms with Crippen LogP contribution in [0.5, 0.6) is 11.6 Å². The van der Waals surface area contributed by atoms with E-state index in [9.17, 15) is 0 Å². The number of benzene rings is 1. The van der Waals surface area contributed by atoms with E-state index >= 15 is 0 Å². The molecule has 22 heavy (non-hydrogen) atoms. The zero-order valence-corrected chi connectivity index (χ0v) is 12.9. The van der Waals surface area contributed by atoms with E-state index in [0.29, 0.717) is 12.5 Å². The first kappa shape index (κ1) is 12.5. The van der Waals surface area contributed by atoms with Gasteiger partial charge in [-0.2, -0.15) is 0 Å². The maximum absolute atomic E-state index is 5.91. The smallest absolute Gasteiger partial charge is 0.259 e. The fourth-order valence-corrected chi connectivity index (χ4v) is 4.34. The molecule has 5 nitrogen and oxygen atoms in total. The van der Waals surface area contributed by atoms with E-state index in [4.69, 9.17) is 26.2 Å². The molecule has 1 spiro atoms. The Hall–Kier alpha value is -2.08. The summed E-state index contributed by atoms with van der Waals surface area (Å²) < 4.78 is 17.1. The Morgan fingerprint density at radius 1 is 1.32 bits per heavy atom. The predicted octanol–water partition coefficient (Wildman–Crippen LogP) is 2.59. The minimum Gasteiger partial charge on any atom is -0.491 e. The number of fused-ring (bicyclic) bond motifs is 3. The fourth-order valence-electron chi connectivity index (χ4n) is 3.89. The van der Waals surface area contributed by atoms with Gasteiger partial charge in [-0.1, -0.05) is 24.4 Å². The summed E-state index contributed by atoms with van der Waals surface area (Å²) in [6, 6.07) is 6.15. The van der Waals surface area contributed by atoms with Gasteiger partial charge in [-0.25, -0.2) is 0 Å². The van der Waals surface area contributed by atoms with Crippen LogP contribution in [-0.2, 0) is 5.41 Å². The summed E-state index contributed by atoms with van der Waals surface area (Å²) in [7, 11) is 0. The first-order chi connectivity index (χ1) is 10.7. The molecule has 1 atom stereocenters. The third-order valence-corrected chi connectivity index (χ3v) is 5.38. The van der Waals surface area contributed by atoms with Crippen LogP contribution in [0.25, 0.3) is 0 Å². The molecule has 6 heteroatoms. The van der Waals surface area contributed by atoms with E-state index in [2.05, 4.69) is 16.1 Å². The lowest BCUT2D eigenvalue weighted by Gasteiger charge is -2.25. The second-order valence-electron chi connectivity index (χ2n) is 5.92. The molecule has 0 N–H and O–H groups in total. The van der Waals surface area contributed by atoms with E-state index < -0.39 is 5.41 Å². The quantitative estimate of drug-likeness (QED) is 0.697. The number of aryl methyl sites for hydroxylation is 1. The van der Waals surface area contributed by atoms with E-state index in [1.54, 1.807) is 0 Å². The minimum absolute atomic E-state index is 0.471. The van der Waals surface area contributed by atoms with E-state index in [0.717, 1.165) is 52.9 Å². The molecule has 112 valence electrons. The summed E-state index contributed by atoms with van der Waals surface area (Å²) in [6.07, 6.45) is 0.945. The summed E-state index contributed by atoms with van der Waals surface area (Å²) in [5, 5.41) is 4.02. The molecule has 1 aromatic carbocycles. The highest BCUT2D eigenvalue weighted by molar-refractivity contribution is 7.80. The lowest BCUT2D eigenvalue weighted by Crippen LogP contribution is -2.41. The Morgan fingerprint density at radius 2 is 2.23 bits per heavy atom. The lowest BCUT2D eigenvalue weighted by atomic mass is 9.78. The van der Waals surface area contributed by atoms with Crippen molar-refractivity contribution >= 4 is 22.9 Å². The van der Waals surface area contributed by atoms with E-state index in [-0.39, 0.29) is 0 Å². The van der Waals surface area contributed by atoms with E-state index in [1.807, 2.05) is 19.1 Å². The Balaban J connectivity index is 1.85. The van der Waals surface area contributed by atoms with Gasteiger partial charge < -0.3 is 18.9 Å². The van der Waals surface area contributed by atoms with Crippen molar-refractivity contribution in [3.63, 3.8) is 0 Å². The topological polar surface area (TPSA) is 47.7 Å². The summed E-state index contributed by atoms with van der Waals surface area (Å²) in [4.78, 5) is 3.07. The molecule has 5 rings (SSSR count). The number of ether oxygens (including phenoxy) is 2. The van der Waals surface area contributed by atoms with Crippen LogP contribution in [0, 0.1) is 6.92 Å². The molecule has 3 aliphatic heterocycles. The molecule has 0 radical (unpaired) electrons. The number of rotatable bonds is 0. The molecule has 4 heterocycles. The molecule has 0 bridgehead atoms. The fraction of sp³-hybridized carbons (Fsp3) is 0.375. The molecule has 1 unspecified atom stereocenters. The molecular weight excluding hydrogens is 300 g/mol. The van der Waals surface area contributed by atoms with Crippen LogP contribution in [0.15, 0.2) is 22.7 Å². The van der Waals surface area contributed by atoms with Crippen molar-refractivity contribution in [1.82, 2.24) is 5.16 Å². The molecule has 2 aromatic rings. The van der Waals surface area contributed by atoms with Crippen LogP contribution in [-0.4, -0.2) is 29.9 Å². The maximum atomic E-state index is 5.91. The molecule has 0 aliphatic carbocycles. The molecular formula is C16H14N2O3S. The van der Waals surface area contributed by atoms with Crippen LogP contribution in [0.1, 0.15) is 23.3 Å². The SMILES string of the molecule is Cc1onc2c1C1(CO2)C(=S)N2CCCOc3cccc1c32. The van der Waals surface area contributed by atoms with Gasteiger partial charge >= 0.3 is 0 Å². The van der Waals surface area contributed by atoms with Crippen LogP contribution in [0.3, 0.4) is 0 Å². The summed E-state index contributed by atoms with van der Waals surface area (Å²) in [5.74, 6) is 2.24. The number of anilines is 1. The van der Waals surface area contributed by atoms with Gasteiger partial charge in [0.1, 0.15) is 28.5 Å². The monoisotopic (exact) mass is 314 g/mol. The average molecular weight is 314 g/mol. The van der Waals surface area contributed by atoms with E-state index in [1.165, 1.54) is 0 Å². The van der Waals surface area contributed by atoms with Crippen LogP contribution in [0.2, 0.25) is 0 Å². The Labute approximate surface area is 132 Å². The van der Waals surface area contributed by atoms with Crippen molar-refractivity contribution in [1.29, 1.82) is 0 Å². The van der Waals surface area contributed by atoms with Crippen molar-refractivity contribution in [2.24, 2.45) is 0 Å². The first-order valence-corrected chi connectivity index (χ1v) is 7.82. The molecule has 1 aromatic heterocycles. The van der Waals surface area contributed by atoms with Gasteiger partial charge in [0, 0.05) is 12.1 Å². The second kappa shape index (κ2) is 4.01. The van der Waals surface area contributed by atoms with Crippen LogP contribution < -0.4 is 14.4 Å². The van der Waals surface area contributed by atoms with Crippen molar-refractivity contribution in [3.8, 4) is 11.6 Å². The van der Waals surface area contributed by atoms with Crippen molar-refractivity contribution in [2.75, 3.05) is 24.7 Å². The third-order valence-electron chi connectivity index (χ3n) is 4.81. The van der Waals surface area contributed by atoms with Crippen molar-refractivity contribution in [3.05, 3.63) is 35.1 Å². The Kier molecular flexibility index (Phi) is 2.27. The number of para-hydroxylation sites is 1. The molecule has 0 amide bonds. The van der Waals surface area contributed by atoms with Crippen molar-refractivity contribution in [2.45, 2.75) is 18.8 Å². The number of hydrogen-bond donors (Lipinski definition) is 0. The summed E-state index contributed by atoms with van der Waals surface area (Å²) in [6.45, 7) is 3.98. The first-order valence-electron chi connectivity index (χ1n) is 7.41. The van der Waals surface area contributed by atoms with Gasteiger partial charge in [0.2, 0.25) is 0 Å². The average Bonchev–Trinajstić information content (AvgIpc) is 3.08. The predicted molar refractivity (Wildman–Crippen MR) is 84.0 cm³/mol. The highest BCUT2D eigenvalue weighted by Crippen LogP contribution is 2.56. The van der Waals surface area contributed by atoms with Gasteiger partial charge in [0.15, 0.2) is 0 Å². The highest BCUT2D eigenvalue weighted by atomic mass is 32.1. The number of hydrogen-bond acceptors (Lipinski definition) is 5. The largest absolute Gasteiger partial charge is 0.491 e. The van der Waals surface area contributed by atoms with Gasteiger partial charge in [-0.05, 0) is 24.6 Å². The zero-order chi connectivity index (χ0) is 14.9. The number of thiocarbonyl (C=S) groups is 1. The second-order valence-corrected chi connectivity index (χ2v) is 6.31. The number of nitrogens with zero attached hydrogens (tertiary/aromatic N) is 2. The summed E-state index contributed by atoms with van der Waals surface area (Å²) >= 11 is 5.89. The van der Waals surface area contributed by atoms with Gasteiger partial charge in [-0.3, -0.25) is 0 Å². The Bertz CT molecular complexity index is 816. The van der Waals surface area contributed by atoms with Gasteiger partial charge in [0.05, 0.1) is 17.9 Å². The molecule has 3 aliphatic rings.